The Morgan fingerprint density at radius 1 is 1.40 bits per heavy atom. The van der Waals surface area contributed by atoms with Gasteiger partial charge in [0.25, 0.3) is 0 Å². The molecule has 0 aliphatic carbocycles. The van der Waals surface area contributed by atoms with Crippen LogP contribution in [0.2, 0.25) is 0 Å². The lowest BCUT2D eigenvalue weighted by Gasteiger charge is -2.06. The number of hydrogen-bond acceptors (Lipinski definition) is 2. The first-order chi connectivity index (χ1) is 7.29. The van der Waals surface area contributed by atoms with E-state index >= 15 is 0 Å². The van der Waals surface area contributed by atoms with Gasteiger partial charge in [-0.2, -0.15) is 5.26 Å². The summed E-state index contributed by atoms with van der Waals surface area (Å²) < 4.78 is 0. The zero-order valence-electron chi connectivity index (χ0n) is 8.94. The van der Waals surface area contributed by atoms with Gasteiger partial charge in [0.05, 0.1) is 6.07 Å². The predicted molar refractivity (Wildman–Crippen MR) is 59.4 cm³/mol. The third-order valence-corrected chi connectivity index (χ3v) is 2.38. The maximum Gasteiger partial charge on any atom is 0.179 e. The first-order valence-corrected chi connectivity index (χ1v) is 5.28. The van der Waals surface area contributed by atoms with E-state index in [1.807, 2.05) is 18.2 Å². The van der Waals surface area contributed by atoms with Crippen molar-refractivity contribution >= 4 is 5.78 Å². The Labute approximate surface area is 90.5 Å². The average molecular weight is 201 g/mol. The van der Waals surface area contributed by atoms with Crippen LogP contribution >= 0.6 is 0 Å². The van der Waals surface area contributed by atoms with E-state index in [1.54, 1.807) is 12.1 Å². The Morgan fingerprint density at radius 2 is 2.07 bits per heavy atom. The van der Waals surface area contributed by atoms with Gasteiger partial charge in [-0.05, 0) is 6.42 Å². The minimum Gasteiger partial charge on any atom is -0.293 e. The molecule has 0 heterocycles. The fourth-order valence-electron chi connectivity index (χ4n) is 1.47. The second-order valence-electron chi connectivity index (χ2n) is 3.55. The van der Waals surface area contributed by atoms with Crippen molar-refractivity contribution in [1.29, 1.82) is 5.26 Å². The lowest BCUT2D eigenvalue weighted by molar-refractivity contribution is 0.0943. The number of ketones is 1. The van der Waals surface area contributed by atoms with E-state index in [4.69, 9.17) is 5.26 Å². The first kappa shape index (κ1) is 11.5. The van der Waals surface area contributed by atoms with E-state index in [2.05, 4.69) is 13.0 Å². The summed E-state index contributed by atoms with van der Waals surface area (Å²) in [4.78, 5) is 11.9. The minimum absolute atomic E-state index is 0.0495. The monoisotopic (exact) mass is 201 g/mol. The van der Waals surface area contributed by atoms with Gasteiger partial charge in [0.15, 0.2) is 5.78 Å². The summed E-state index contributed by atoms with van der Waals surface area (Å²) in [6, 6.07) is 11.1. The predicted octanol–water partition coefficient (Wildman–Crippen LogP) is 3.20. The van der Waals surface area contributed by atoms with Gasteiger partial charge in [-0.1, -0.05) is 50.1 Å². The van der Waals surface area contributed by atoms with Gasteiger partial charge in [-0.15, -0.1) is 0 Å². The molecule has 0 saturated carbocycles. The van der Waals surface area contributed by atoms with Crippen LogP contribution in [0.4, 0.5) is 0 Å². The molecule has 0 aliphatic heterocycles. The normalized spacial score (nSPS) is 11.7. The molecule has 0 fully saturated rings. The maximum atomic E-state index is 11.9. The van der Waals surface area contributed by atoms with Gasteiger partial charge in [-0.25, -0.2) is 0 Å². The summed E-state index contributed by atoms with van der Waals surface area (Å²) in [5.74, 6) is -0.529. The molecule has 0 spiro atoms. The Kier molecular flexibility index (Phi) is 4.56. The molecule has 1 atom stereocenters. The third-order valence-electron chi connectivity index (χ3n) is 2.38. The molecule has 0 radical (unpaired) electrons. The molecule has 78 valence electrons. The van der Waals surface area contributed by atoms with Gasteiger partial charge in [0.2, 0.25) is 0 Å². The summed E-state index contributed by atoms with van der Waals surface area (Å²) in [6.45, 7) is 2.06. The fraction of sp³-hybridized carbons (Fsp3) is 0.385. The molecule has 0 aromatic heterocycles. The minimum atomic E-state index is -0.479. The van der Waals surface area contributed by atoms with E-state index in [-0.39, 0.29) is 5.78 Å². The lowest BCUT2D eigenvalue weighted by atomic mass is 9.94. The van der Waals surface area contributed by atoms with Gasteiger partial charge in [0, 0.05) is 5.56 Å². The summed E-state index contributed by atoms with van der Waals surface area (Å²) in [7, 11) is 0. The largest absolute Gasteiger partial charge is 0.293 e. The molecule has 0 N–H and O–H groups in total. The summed E-state index contributed by atoms with van der Waals surface area (Å²) in [6.07, 6.45) is 2.61. The summed E-state index contributed by atoms with van der Waals surface area (Å²) >= 11 is 0. The zero-order chi connectivity index (χ0) is 11.1. The van der Waals surface area contributed by atoms with Gasteiger partial charge in [-0.3, -0.25) is 4.79 Å². The molecular weight excluding hydrogens is 186 g/mol. The van der Waals surface area contributed by atoms with E-state index in [1.165, 1.54) is 0 Å². The second-order valence-corrected chi connectivity index (χ2v) is 3.55. The molecule has 2 heteroatoms. The van der Waals surface area contributed by atoms with Crippen LogP contribution < -0.4 is 0 Å². The highest BCUT2D eigenvalue weighted by atomic mass is 16.1. The topological polar surface area (TPSA) is 40.9 Å². The van der Waals surface area contributed by atoms with Crippen LogP contribution in [0.5, 0.6) is 0 Å². The van der Waals surface area contributed by atoms with Crippen molar-refractivity contribution in [3.63, 3.8) is 0 Å². The Balaban J connectivity index is 2.70. The molecule has 0 aliphatic rings. The highest BCUT2D eigenvalue weighted by Gasteiger charge is 2.18. The van der Waals surface area contributed by atoms with Gasteiger partial charge in [0.1, 0.15) is 5.92 Å². The summed E-state index contributed by atoms with van der Waals surface area (Å²) in [5, 5.41) is 8.91. The molecule has 0 amide bonds. The summed E-state index contributed by atoms with van der Waals surface area (Å²) in [5.41, 5.74) is 0.639. The SMILES string of the molecule is CCCC[C@H](C#N)C(=O)c1ccccc1. The highest BCUT2D eigenvalue weighted by molar-refractivity contribution is 5.99. The average Bonchev–Trinajstić information content (AvgIpc) is 2.31. The molecule has 0 bridgehead atoms. The smallest absolute Gasteiger partial charge is 0.179 e. The number of unbranched alkanes of at least 4 members (excludes halogenated alkanes) is 1. The number of Topliss-reactive ketones (excluding diaryl/α,β-unsaturated/α-hetero) is 1. The molecule has 1 aromatic rings. The highest BCUT2D eigenvalue weighted by Crippen LogP contribution is 2.14. The zero-order valence-corrected chi connectivity index (χ0v) is 8.94. The number of carbonyl (C=O) groups excluding carboxylic acids is 1. The van der Waals surface area contributed by atoms with Crippen LogP contribution in [-0.4, -0.2) is 5.78 Å². The van der Waals surface area contributed by atoms with E-state index < -0.39 is 5.92 Å². The second kappa shape index (κ2) is 5.98. The van der Waals surface area contributed by atoms with E-state index in [0.29, 0.717) is 12.0 Å². The van der Waals surface area contributed by atoms with Crippen LogP contribution in [0.3, 0.4) is 0 Å². The Bertz CT molecular complexity index is 351. The van der Waals surface area contributed by atoms with Crippen molar-refractivity contribution < 1.29 is 4.79 Å². The Morgan fingerprint density at radius 3 is 2.60 bits per heavy atom. The van der Waals surface area contributed by atoms with Crippen molar-refractivity contribution in [1.82, 2.24) is 0 Å². The van der Waals surface area contributed by atoms with E-state index in [0.717, 1.165) is 12.8 Å². The van der Waals surface area contributed by atoms with Gasteiger partial charge >= 0.3 is 0 Å². The van der Waals surface area contributed by atoms with Crippen LogP contribution in [0.25, 0.3) is 0 Å². The number of benzene rings is 1. The molecule has 1 rings (SSSR count). The number of carbonyl (C=O) groups is 1. The maximum absolute atomic E-state index is 11.9. The quantitative estimate of drug-likeness (QED) is 0.686. The van der Waals surface area contributed by atoms with Crippen molar-refractivity contribution in [2.45, 2.75) is 26.2 Å². The fourth-order valence-corrected chi connectivity index (χ4v) is 1.47. The molecule has 0 unspecified atom stereocenters. The number of hydrogen-bond donors (Lipinski definition) is 0. The van der Waals surface area contributed by atoms with Gasteiger partial charge < -0.3 is 0 Å². The molecule has 0 saturated heterocycles. The molecule has 1 aromatic carbocycles. The third kappa shape index (κ3) is 3.21. The van der Waals surface area contributed by atoms with E-state index in [9.17, 15) is 4.79 Å². The van der Waals surface area contributed by atoms with Crippen molar-refractivity contribution in [3.05, 3.63) is 35.9 Å². The van der Waals surface area contributed by atoms with Crippen LogP contribution in [-0.2, 0) is 0 Å². The lowest BCUT2D eigenvalue weighted by Crippen LogP contribution is -2.12. The van der Waals surface area contributed by atoms with Crippen molar-refractivity contribution in [2.75, 3.05) is 0 Å². The number of rotatable bonds is 5. The first-order valence-electron chi connectivity index (χ1n) is 5.28. The molecule has 2 nitrogen and oxygen atoms in total. The number of nitrogens with zero attached hydrogens (tertiary/aromatic N) is 1. The van der Waals surface area contributed by atoms with Crippen LogP contribution in [0, 0.1) is 17.2 Å². The van der Waals surface area contributed by atoms with Crippen LogP contribution in [0.1, 0.15) is 36.5 Å². The number of nitriles is 1. The standard InChI is InChI=1S/C13H15NO/c1-2-3-7-12(10-14)13(15)11-8-5-4-6-9-11/h4-6,8-9,12H,2-3,7H2,1H3/t12-/m1/s1. The van der Waals surface area contributed by atoms with Crippen LogP contribution in [0.15, 0.2) is 30.3 Å². The van der Waals surface area contributed by atoms with Crippen molar-refractivity contribution in [3.8, 4) is 6.07 Å². The Hall–Kier alpha value is -1.62. The molecular formula is C13H15NO. The molecule has 15 heavy (non-hydrogen) atoms. The van der Waals surface area contributed by atoms with Crippen molar-refractivity contribution in [2.24, 2.45) is 5.92 Å².